The van der Waals surface area contributed by atoms with Crippen LogP contribution >= 0.6 is 0 Å². The van der Waals surface area contributed by atoms with Crippen LogP contribution in [0.4, 0.5) is 4.79 Å². The predicted molar refractivity (Wildman–Crippen MR) is 98.8 cm³/mol. The molecule has 0 spiro atoms. The Morgan fingerprint density at radius 3 is 2.24 bits per heavy atom. The lowest BCUT2D eigenvalue weighted by Gasteiger charge is -2.52. The smallest absolute Gasteiger partial charge is 0.317 e. The van der Waals surface area contributed by atoms with Crippen LogP contribution in [0, 0.1) is 11.3 Å². The summed E-state index contributed by atoms with van der Waals surface area (Å²) in [6.45, 7) is 3.76. The minimum atomic E-state index is -3.15. The first-order valence-corrected chi connectivity index (χ1v) is 11.5. The molecule has 2 saturated carbocycles. The second-order valence-corrected chi connectivity index (χ2v) is 10.5. The van der Waals surface area contributed by atoms with Crippen molar-refractivity contribution >= 4 is 16.1 Å². The highest BCUT2D eigenvalue weighted by atomic mass is 32.2. The summed E-state index contributed by atoms with van der Waals surface area (Å²) in [6, 6.07) is 0.0481. The van der Waals surface area contributed by atoms with Crippen LogP contribution in [-0.2, 0) is 10.0 Å². The largest absolute Gasteiger partial charge is 0.337 e. The molecule has 1 N–H and O–H groups in total. The zero-order chi connectivity index (χ0) is 18.1. The lowest BCUT2D eigenvalue weighted by atomic mass is 9.55. The number of sulfonamides is 1. The third kappa shape index (κ3) is 3.82. The van der Waals surface area contributed by atoms with Crippen LogP contribution < -0.4 is 5.32 Å². The van der Waals surface area contributed by atoms with Crippen LogP contribution in [0.2, 0.25) is 0 Å². The minimum Gasteiger partial charge on any atom is -0.337 e. The van der Waals surface area contributed by atoms with E-state index in [9.17, 15) is 13.2 Å². The molecular formula is C18H33N3O3S. The maximum Gasteiger partial charge on any atom is 0.317 e. The van der Waals surface area contributed by atoms with Gasteiger partial charge in [0.1, 0.15) is 0 Å². The van der Waals surface area contributed by atoms with E-state index < -0.39 is 10.0 Å². The molecule has 144 valence electrons. The zero-order valence-electron chi connectivity index (χ0n) is 15.7. The zero-order valence-corrected chi connectivity index (χ0v) is 16.5. The number of hydrogen-bond acceptors (Lipinski definition) is 3. The summed E-state index contributed by atoms with van der Waals surface area (Å²) in [7, 11) is -1.49. The van der Waals surface area contributed by atoms with Crippen molar-refractivity contribution in [2.75, 3.05) is 32.4 Å². The normalized spacial score (nSPS) is 24.7. The molecule has 0 bridgehead atoms. The molecule has 0 aromatic rings. The van der Waals surface area contributed by atoms with Gasteiger partial charge in [-0.1, -0.05) is 12.8 Å². The number of rotatable bonds is 6. The van der Waals surface area contributed by atoms with E-state index in [0.717, 1.165) is 25.3 Å². The molecule has 3 rings (SSSR count). The van der Waals surface area contributed by atoms with Crippen molar-refractivity contribution in [3.63, 3.8) is 0 Å². The molecule has 3 fully saturated rings. The number of urea groups is 1. The van der Waals surface area contributed by atoms with Gasteiger partial charge in [-0.05, 0) is 56.8 Å². The van der Waals surface area contributed by atoms with Crippen molar-refractivity contribution in [1.29, 1.82) is 0 Å². The van der Waals surface area contributed by atoms with Gasteiger partial charge in [0.2, 0.25) is 10.0 Å². The molecule has 0 aromatic carbocycles. The molecule has 2 aliphatic carbocycles. The van der Waals surface area contributed by atoms with Gasteiger partial charge in [0.15, 0.2) is 0 Å². The van der Waals surface area contributed by atoms with Gasteiger partial charge in [0.05, 0.1) is 5.75 Å². The van der Waals surface area contributed by atoms with Gasteiger partial charge in [-0.25, -0.2) is 17.5 Å². The van der Waals surface area contributed by atoms with Crippen LogP contribution in [0.15, 0.2) is 0 Å². The van der Waals surface area contributed by atoms with Crippen molar-refractivity contribution in [1.82, 2.24) is 14.5 Å². The molecule has 0 radical (unpaired) electrons. The summed E-state index contributed by atoms with van der Waals surface area (Å²) in [6.07, 6.45) is 9.28. The number of carbonyl (C=O) groups is 1. The summed E-state index contributed by atoms with van der Waals surface area (Å²) in [5, 5.41) is 3.18. The van der Waals surface area contributed by atoms with E-state index in [0.29, 0.717) is 18.5 Å². The highest BCUT2D eigenvalue weighted by Gasteiger charge is 2.46. The van der Waals surface area contributed by atoms with Crippen molar-refractivity contribution < 1.29 is 13.2 Å². The molecule has 1 aliphatic heterocycles. The molecule has 1 saturated heterocycles. The first kappa shape index (κ1) is 19.0. The van der Waals surface area contributed by atoms with Gasteiger partial charge in [-0.15, -0.1) is 0 Å². The van der Waals surface area contributed by atoms with Crippen LogP contribution in [0.1, 0.15) is 58.3 Å². The van der Waals surface area contributed by atoms with E-state index in [-0.39, 0.29) is 17.8 Å². The summed E-state index contributed by atoms with van der Waals surface area (Å²) in [4.78, 5) is 14.4. The Balaban J connectivity index is 1.45. The lowest BCUT2D eigenvalue weighted by molar-refractivity contribution is 0.00411. The summed E-state index contributed by atoms with van der Waals surface area (Å²) in [5.74, 6) is 0.952. The maximum atomic E-state index is 12.5. The van der Waals surface area contributed by atoms with E-state index >= 15 is 0 Å². The standard InChI is InChI=1S/C18H33N3O3S/c1-3-25(23,24)20(2)16-8-12-21(13-9-16)17(22)19-14-18(10-5-11-18)15-6-4-7-15/h15-16H,3-14H2,1-2H3,(H,19,22). The number of carbonyl (C=O) groups excluding carboxylic acids is 1. The Labute approximate surface area is 152 Å². The van der Waals surface area contributed by atoms with E-state index in [4.69, 9.17) is 0 Å². The van der Waals surface area contributed by atoms with E-state index in [1.54, 1.807) is 14.0 Å². The Morgan fingerprint density at radius 2 is 1.80 bits per heavy atom. The fourth-order valence-electron chi connectivity index (χ4n) is 4.61. The molecular weight excluding hydrogens is 338 g/mol. The topological polar surface area (TPSA) is 69.7 Å². The van der Waals surface area contributed by atoms with Gasteiger partial charge in [0.25, 0.3) is 0 Å². The maximum absolute atomic E-state index is 12.5. The first-order valence-electron chi connectivity index (χ1n) is 9.86. The Bertz CT molecular complexity index is 576. The molecule has 1 heterocycles. The van der Waals surface area contributed by atoms with Crippen LogP contribution in [-0.4, -0.2) is 62.1 Å². The lowest BCUT2D eigenvalue weighted by Crippen LogP contribution is -2.54. The van der Waals surface area contributed by atoms with Crippen molar-refractivity contribution in [2.24, 2.45) is 11.3 Å². The fraction of sp³-hybridized carbons (Fsp3) is 0.944. The number of nitrogens with one attached hydrogen (secondary N) is 1. The second kappa shape index (κ2) is 7.43. The van der Waals surface area contributed by atoms with Crippen LogP contribution in [0.5, 0.6) is 0 Å². The summed E-state index contributed by atoms with van der Waals surface area (Å²) >= 11 is 0. The number of likely N-dealkylation sites (tertiary alicyclic amines) is 1. The predicted octanol–water partition coefficient (Wildman–Crippen LogP) is 2.41. The number of amides is 2. The average molecular weight is 372 g/mol. The highest BCUT2D eigenvalue weighted by molar-refractivity contribution is 7.89. The Kier molecular flexibility index (Phi) is 5.63. The second-order valence-electron chi connectivity index (χ2n) is 8.14. The SMILES string of the molecule is CCS(=O)(=O)N(C)C1CCN(C(=O)NCC2(C3CCC3)CCC2)CC1. The molecule has 0 aromatic heterocycles. The van der Waals surface area contributed by atoms with Gasteiger partial charge >= 0.3 is 6.03 Å². The Hall–Kier alpha value is -0.820. The van der Waals surface area contributed by atoms with Gasteiger partial charge in [-0.3, -0.25) is 0 Å². The van der Waals surface area contributed by atoms with E-state index in [2.05, 4.69) is 5.32 Å². The van der Waals surface area contributed by atoms with Crippen LogP contribution in [0.3, 0.4) is 0 Å². The monoisotopic (exact) mass is 371 g/mol. The molecule has 7 heteroatoms. The number of nitrogens with zero attached hydrogens (tertiary/aromatic N) is 2. The highest BCUT2D eigenvalue weighted by Crippen LogP contribution is 2.53. The van der Waals surface area contributed by atoms with Gasteiger partial charge in [-0.2, -0.15) is 0 Å². The van der Waals surface area contributed by atoms with Crippen molar-refractivity contribution in [3.8, 4) is 0 Å². The number of piperidine rings is 1. The third-order valence-electron chi connectivity index (χ3n) is 6.98. The molecule has 0 atom stereocenters. The summed E-state index contributed by atoms with van der Waals surface area (Å²) in [5.41, 5.74) is 0.377. The van der Waals surface area contributed by atoms with E-state index in [1.807, 2.05) is 4.90 Å². The summed E-state index contributed by atoms with van der Waals surface area (Å²) < 4.78 is 25.5. The van der Waals surface area contributed by atoms with Gasteiger partial charge in [0, 0.05) is 32.7 Å². The fourth-order valence-corrected chi connectivity index (χ4v) is 5.68. The van der Waals surface area contributed by atoms with Crippen molar-refractivity contribution in [2.45, 2.75) is 64.3 Å². The Morgan fingerprint density at radius 1 is 1.16 bits per heavy atom. The third-order valence-corrected chi connectivity index (χ3v) is 8.89. The molecule has 3 aliphatic rings. The van der Waals surface area contributed by atoms with Gasteiger partial charge < -0.3 is 10.2 Å². The molecule has 6 nitrogen and oxygen atoms in total. The quantitative estimate of drug-likeness (QED) is 0.779. The molecule has 0 unspecified atom stereocenters. The number of hydrogen-bond donors (Lipinski definition) is 1. The van der Waals surface area contributed by atoms with Crippen LogP contribution in [0.25, 0.3) is 0 Å². The van der Waals surface area contributed by atoms with E-state index in [1.165, 1.54) is 42.8 Å². The molecule has 25 heavy (non-hydrogen) atoms. The van der Waals surface area contributed by atoms with Crippen molar-refractivity contribution in [3.05, 3.63) is 0 Å². The first-order chi connectivity index (χ1) is 11.9. The minimum absolute atomic E-state index is 0.0157. The molecule has 2 amide bonds. The average Bonchev–Trinajstić information content (AvgIpc) is 2.54.